The van der Waals surface area contributed by atoms with Gasteiger partial charge in [0.05, 0.1) is 0 Å². The molecule has 0 saturated heterocycles. The topological polar surface area (TPSA) is 35.2 Å². The number of ether oxygens (including phenoxy) is 1. The predicted molar refractivity (Wildman–Crippen MR) is 67.1 cm³/mol. The fraction of sp³-hybridized carbons (Fsp3) is 1.00. The number of rotatable bonds is 11. The van der Waals surface area contributed by atoms with Gasteiger partial charge >= 0.3 is 0 Å². The van der Waals surface area contributed by atoms with Crippen LogP contribution in [0.3, 0.4) is 0 Å². The van der Waals surface area contributed by atoms with Crippen LogP contribution in [0, 0.1) is 0 Å². The smallest absolute Gasteiger partial charge is 0.0480 e. The first-order valence-electron chi connectivity index (χ1n) is 6.64. The third-order valence-corrected chi connectivity index (χ3v) is 2.77. The monoisotopic (exact) mass is 215 g/mol. The molecule has 0 bridgehead atoms. The van der Waals surface area contributed by atoms with E-state index in [2.05, 4.69) is 6.92 Å². The van der Waals surface area contributed by atoms with Gasteiger partial charge in [-0.2, -0.15) is 0 Å². The SMILES string of the molecule is CCCCCCCCC(N)CCOCC. The van der Waals surface area contributed by atoms with Crippen molar-refractivity contribution in [1.82, 2.24) is 0 Å². The summed E-state index contributed by atoms with van der Waals surface area (Å²) in [5.74, 6) is 0. The molecule has 0 rings (SSSR count). The van der Waals surface area contributed by atoms with Crippen LogP contribution in [0.1, 0.15) is 65.2 Å². The maximum Gasteiger partial charge on any atom is 0.0480 e. The minimum Gasteiger partial charge on any atom is -0.382 e. The minimum atomic E-state index is 0.350. The molecule has 1 unspecified atom stereocenters. The molecule has 0 heterocycles. The van der Waals surface area contributed by atoms with Crippen molar-refractivity contribution in [3.63, 3.8) is 0 Å². The summed E-state index contributed by atoms with van der Waals surface area (Å²) >= 11 is 0. The lowest BCUT2D eigenvalue weighted by molar-refractivity contribution is 0.139. The second-order valence-electron chi connectivity index (χ2n) is 4.30. The summed E-state index contributed by atoms with van der Waals surface area (Å²) in [6, 6.07) is 0.350. The fourth-order valence-electron chi connectivity index (χ4n) is 1.71. The van der Waals surface area contributed by atoms with E-state index in [1.807, 2.05) is 6.92 Å². The van der Waals surface area contributed by atoms with Crippen LogP contribution >= 0.6 is 0 Å². The standard InChI is InChI=1S/C13H29NO/c1-3-5-6-7-8-9-10-13(14)11-12-15-4-2/h13H,3-12,14H2,1-2H3. The van der Waals surface area contributed by atoms with E-state index in [4.69, 9.17) is 10.5 Å². The van der Waals surface area contributed by atoms with Gasteiger partial charge in [-0.05, 0) is 19.8 Å². The van der Waals surface area contributed by atoms with Crippen molar-refractivity contribution in [1.29, 1.82) is 0 Å². The van der Waals surface area contributed by atoms with E-state index in [0.717, 1.165) is 19.6 Å². The van der Waals surface area contributed by atoms with Crippen molar-refractivity contribution in [3.05, 3.63) is 0 Å². The number of hydrogen-bond acceptors (Lipinski definition) is 2. The molecule has 15 heavy (non-hydrogen) atoms. The zero-order chi connectivity index (χ0) is 11.4. The van der Waals surface area contributed by atoms with Gasteiger partial charge in [-0.15, -0.1) is 0 Å². The van der Waals surface area contributed by atoms with E-state index < -0.39 is 0 Å². The van der Waals surface area contributed by atoms with Gasteiger partial charge < -0.3 is 10.5 Å². The van der Waals surface area contributed by atoms with Crippen molar-refractivity contribution < 1.29 is 4.74 Å². The Balaban J connectivity index is 3.06. The molecule has 0 spiro atoms. The Morgan fingerprint density at radius 3 is 2.27 bits per heavy atom. The number of unbranched alkanes of at least 4 members (excludes halogenated alkanes) is 5. The van der Waals surface area contributed by atoms with Gasteiger partial charge in [0.15, 0.2) is 0 Å². The summed E-state index contributed by atoms with van der Waals surface area (Å²) < 4.78 is 5.28. The molecule has 2 heteroatoms. The van der Waals surface area contributed by atoms with E-state index in [1.54, 1.807) is 0 Å². The fourth-order valence-corrected chi connectivity index (χ4v) is 1.71. The highest BCUT2D eigenvalue weighted by atomic mass is 16.5. The third kappa shape index (κ3) is 11.8. The Hall–Kier alpha value is -0.0800. The quantitative estimate of drug-likeness (QED) is 0.535. The summed E-state index contributed by atoms with van der Waals surface area (Å²) in [5, 5.41) is 0. The Morgan fingerprint density at radius 2 is 1.60 bits per heavy atom. The van der Waals surface area contributed by atoms with Crippen LogP contribution in [0.25, 0.3) is 0 Å². The van der Waals surface area contributed by atoms with Crippen molar-refractivity contribution in [2.24, 2.45) is 5.73 Å². The Labute approximate surface area is 95.6 Å². The van der Waals surface area contributed by atoms with Crippen LogP contribution in [0.4, 0.5) is 0 Å². The van der Waals surface area contributed by atoms with Gasteiger partial charge in [-0.25, -0.2) is 0 Å². The number of hydrogen-bond donors (Lipinski definition) is 1. The molecule has 0 fully saturated rings. The van der Waals surface area contributed by atoms with Crippen LogP contribution in [0.5, 0.6) is 0 Å². The molecular formula is C13H29NO. The lowest BCUT2D eigenvalue weighted by Crippen LogP contribution is -2.21. The highest BCUT2D eigenvalue weighted by Gasteiger charge is 2.01. The molecule has 92 valence electrons. The first kappa shape index (κ1) is 14.9. The summed E-state index contributed by atoms with van der Waals surface area (Å²) in [4.78, 5) is 0. The predicted octanol–water partition coefficient (Wildman–Crippen LogP) is 3.49. The van der Waals surface area contributed by atoms with Crippen molar-refractivity contribution >= 4 is 0 Å². The lowest BCUT2D eigenvalue weighted by Gasteiger charge is -2.10. The van der Waals surface area contributed by atoms with Gasteiger partial charge in [-0.1, -0.05) is 45.4 Å². The molecule has 0 aromatic rings. The summed E-state index contributed by atoms with van der Waals surface area (Å²) in [5.41, 5.74) is 5.98. The van der Waals surface area contributed by atoms with Crippen LogP contribution in [0.2, 0.25) is 0 Å². The molecule has 0 aromatic heterocycles. The van der Waals surface area contributed by atoms with Gasteiger partial charge in [-0.3, -0.25) is 0 Å². The Bertz CT molecular complexity index is 117. The number of nitrogens with two attached hydrogens (primary N) is 1. The van der Waals surface area contributed by atoms with Gasteiger partial charge in [0.25, 0.3) is 0 Å². The average Bonchev–Trinajstić information content (AvgIpc) is 2.23. The van der Waals surface area contributed by atoms with Gasteiger partial charge in [0, 0.05) is 19.3 Å². The summed E-state index contributed by atoms with van der Waals surface area (Å²) in [6.45, 7) is 5.92. The van der Waals surface area contributed by atoms with Crippen molar-refractivity contribution in [3.8, 4) is 0 Å². The first-order valence-corrected chi connectivity index (χ1v) is 6.64. The molecular weight excluding hydrogens is 186 g/mol. The highest BCUT2D eigenvalue weighted by Crippen LogP contribution is 2.09. The summed E-state index contributed by atoms with van der Waals surface area (Å²) in [7, 11) is 0. The molecule has 0 amide bonds. The Kier molecular flexibility index (Phi) is 11.9. The van der Waals surface area contributed by atoms with Crippen molar-refractivity contribution in [2.75, 3.05) is 13.2 Å². The van der Waals surface area contributed by atoms with Crippen molar-refractivity contribution in [2.45, 2.75) is 71.3 Å². The highest BCUT2D eigenvalue weighted by molar-refractivity contribution is 4.60. The maximum atomic E-state index is 5.98. The molecule has 0 saturated carbocycles. The zero-order valence-corrected chi connectivity index (χ0v) is 10.6. The molecule has 0 aliphatic carbocycles. The normalized spacial score (nSPS) is 13.0. The first-order chi connectivity index (χ1) is 7.31. The van der Waals surface area contributed by atoms with E-state index >= 15 is 0 Å². The van der Waals surface area contributed by atoms with Crippen LogP contribution in [-0.4, -0.2) is 19.3 Å². The van der Waals surface area contributed by atoms with Crippen LogP contribution in [0.15, 0.2) is 0 Å². The molecule has 1 atom stereocenters. The Morgan fingerprint density at radius 1 is 0.933 bits per heavy atom. The molecule has 2 nitrogen and oxygen atoms in total. The van der Waals surface area contributed by atoms with E-state index in [0.29, 0.717) is 6.04 Å². The second kappa shape index (κ2) is 12.0. The van der Waals surface area contributed by atoms with E-state index in [1.165, 1.54) is 44.9 Å². The average molecular weight is 215 g/mol. The molecule has 2 N–H and O–H groups in total. The van der Waals surface area contributed by atoms with Crippen LogP contribution in [-0.2, 0) is 4.74 Å². The molecule has 0 radical (unpaired) electrons. The third-order valence-electron chi connectivity index (χ3n) is 2.77. The molecule has 0 aliphatic heterocycles. The minimum absolute atomic E-state index is 0.350. The zero-order valence-electron chi connectivity index (χ0n) is 10.6. The molecule has 0 aliphatic rings. The van der Waals surface area contributed by atoms with E-state index in [9.17, 15) is 0 Å². The molecule has 0 aromatic carbocycles. The lowest BCUT2D eigenvalue weighted by atomic mass is 10.0. The van der Waals surface area contributed by atoms with Gasteiger partial charge in [0.2, 0.25) is 0 Å². The largest absolute Gasteiger partial charge is 0.382 e. The second-order valence-corrected chi connectivity index (χ2v) is 4.30. The van der Waals surface area contributed by atoms with Gasteiger partial charge in [0.1, 0.15) is 0 Å². The maximum absolute atomic E-state index is 5.98. The van der Waals surface area contributed by atoms with Crippen LogP contribution < -0.4 is 5.73 Å². The summed E-state index contributed by atoms with van der Waals surface area (Å²) in [6.07, 6.45) is 10.3. The van der Waals surface area contributed by atoms with E-state index in [-0.39, 0.29) is 0 Å².